The van der Waals surface area contributed by atoms with Crippen molar-refractivity contribution in [3.05, 3.63) is 51.8 Å². The Morgan fingerprint density at radius 1 is 1.15 bits per heavy atom. The SMILES string of the molecule is Cc1ccc(-n2nc(O[C@@H](C)C(=O)NC3CCCCC3)ccc2=O)cc1C. The van der Waals surface area contributed by atoms with Crippen LogP contribution in [0.2, 0.25) is 0 Å². The van der Waals surface area contributed by atoms with E-state index in [0.29, 0.717) is 5.69 Å². The highest BCUT2D eigenvalue weighted by Crippen LogP contribution is 2.18. The van der Waals surface area contributed by atoms with E-state index >= 15 is 0 Å². The Balaban J connectivity index is 1.72. The Morgan fingerprint density at radius 3 is 2.59 bits per heavy atom. The van der Waals surface area contributed by atoms with Gasteiger partial charge in [0, 0.05) is 18.2 Å². The number of carbonyl (C=O) groups is 1. The average Bonchev–Trinajstić information content (AvgIpc) is 2.66. The van der Waals surface area contributed by atoms with Gasteiger partial charge in [0.15, 0.2) is 6.10 Å². The summed E-state index contributed by atoms with van der Waals surface area (Å²) in [5.41, 5.74) is 2.65. The van der Waals surface area contributed by atoms with Gasteiger partial charge in [0.25, 0.3) is 11.5 Å². The van der Waals surface area contributed by atoms with Crippen molar-refractivity contribution in [1.82, 2.24) is 15.1 Å². The molecule has 1 aromatic heterocycles. The van der Waals surface area contributed by atoms with Gasteiger partial charge in [-0.15, -0.1) is 5.10 Å². The number of rotatable bonds is 5. The smallest absolute Gasteiger partial charge is 0.271 e. The minimum absolute atomic E-state index is 0.146. The van der Waals surface area contributed by atoms with Gasteiger partial charge in [0.05, 0.1) is 5.69 Å². The maximum absolute atomic E-state index is 12.4. The lowest BCUT2D eigenvalue weighted by Gasteiger charge is -2.24. The number of amides is 1. The standard InChI is InChI=1S/C21H27N3O3/c1-14-9-10-18(13-15(14)2)24-20(25)12-11-19(23-24)27-16(3)21(26)22-17-7-5-4-6-8-17/h9-13,16-17H,4-8H2,1-3H3,(H,22,26)/t16-/m0/s1. The van der Waals surface area contributed by atoms with Gasteiger partial charge in [-0.2, -0.15) is 4.68 Å². The van der Waals surface area contributed by atoms with E-state index in [1.54, 1.807) is 6.92 Å². The summed E-state index contributed by atoms with van der Waals surface area (Å²) in [5.74, 6) is 0.103. The lowest BCUT2D eigenvalue weighted by atomic mass is 9.95. The van der Waals surface area contributed by atoms with Crippen LogP contribution in [0.25, 0.3) is 5.69 Å². The second kappa shape index (κ2) is 8.37. The van der Waals surface area contributed by atoms with E-state index in [1.807, 2.05) is 32.0 Å². The molecule has 1 atom stereocenters. The molecule has 1 aliphatic carbocycles. The first kappa shape index (κ1) is 19.1. The molecule has 27 heavy (non-hydrogen) atoms. The number of benzene rings is 1. The zero-order valence-corrected chi connectivity index (χ0v) is 16.2. The van der Waals surface area contributed by atoms with Crippen molar-refractivity contribution >= 4 is 5.91 Å². The van der Waals surface area contributed by atoms with Crippen LogP contribution in [0.4, 0.5) is 0 Å². The number of hydrogen-bond acceptors (Lipinski definition) is 4. The number of hydrogen-bond donors (Lipinski definition) is 1. The number of ether oxygens (including phenoxy) is 1. The van der Waals surface area contributed by atoms with Gasteiger partial charge in [-0.3, -0.25) is 9.59 Å². The lowest BCUT2D eigenvalue weighted by Crippen LogP contribution is -2.43. The fourth-order valence-corrected chi connectivity index (χ4v) is 3.30. The molecule has 1 saturated carbocycles. The van der Waals surface area contributed by atoms with Crippen molar-refractivity contribution in [1.29, 1.82) is 0 Å². The van der Waals surface area contributed by atoms with Crippen LogP contribution in [-0.4, -0.2) is 27.8 Å². The summed E-state index contributed by atoms with van der Waals surface area (Å²) in [6.45, 7) is 5.70. The largest absolute Gasteiger partial charge is 0.464 e. The van der Waals surface area contributed by atoms with Crippen LogP contribution in [0.15, 0.2) is 35.1 Å². The summed E-state index contributed by atoms with van der Waals surface area (Å²) in [4.78, 5) is 24.6. The molecule has 6 heteroatoms. The third-order valence-corrected chi connectivity index (χ3v) is 5.13. The second-order valence-electron chi connectivity index (χ2n) is 7.29. The minimum atomic E-state index is -0.676. The Kier molecular flexibility index (Phi) is 5.94. The molecule has 1 N–H and O–H groups in total. The highest BCUT2D eigenvalue weighted by atomic mass is 16.5. The van der Waals surface area contributed by atoms with E-state index in [1.165, 1.54) is 23.2 Å². The molecule has 6 nitrogen and oxygen atoms in total. The van der Waals surface area contributed by atoms with Gasteiger partial charge >= 0.3 is 0 Å². The lowest BCUT2D eigenvalue weighted by molar-refractivity contribution is -0.128. The van der Waals surface area contributed by atoms with Gasteiger partial charge in [-0.05, 0) is 56.9 Å². The van der Waals surface area contributed by atoms with Crippen molar-refractivity contribution in [2.24, 2.45) is 0 Å². The Labute approximate surface area is 159 Å². The molecule has 0 aliphatic heterocycles. The summed E-state index contributed by atoms with van der Waals surface area (Å²) < 4.78 is 7.01. The Bertz CT molecular complexity index is 869. The molecule has 0 radical (unpaired) electrons. The molecule has 0 spiro atoms. The summed E-state index contributed by atoms with van der Waals surface area (Å²) in [5, 5.41) is 7.33. The van der Waals surface area contributed by atoms with Crippen LogP contribution in [-0.2, 0) is 4.79 Å². The summed E-state index contributed by atoms with van der Waals surface area (Å²) in [6.07, 6.45) is 4.92. The molecule has 3 rings (SSSR count). The number of nitrogens with one attached hydrogen (secondary N) is 1. The van der Waals surface area contributed by atoms with E-state index in [9.17, 15) is 9.59 Å². The van der Waals surface area contributed by atoms with E-state index < -0.39 is 6.10 Å². The topological polar surface area (TPSA) is 73.2 Å². The van der Waals surface area contributed by atoms with Crippen LogP contribution < -0.4 is 15.6 Å². The molecule has 1 amide bonds. The predicted octanol–water partition coefficient (Wildman–Crippen LogP) is 3.07. The molecule has 1 aliphatic rings. The van der Waals surface area contributed by atoms with Crippen LogP contribution in [0.5, 0.6) is 5.88 Å². The first-order chi connectivity index (χ1) is 12.9. The maximum atomic E-state index is 12.4. The highest BCUT2D eigenvalue weighted by Gasteiger charge is 2.21. The van der Waals surface area contributed by atoms with Gasteiger partial charge in [-0.1, -0.05) is 25.3 Å². The number of aromatic nitrogens is 2. The molecule has 144 valence electrons. The molecular formula is C21H27N3O3. The predicted molar refractivity (Wildman–Crippen MR) is 104 cm³/mol. The molecule has 1 aromatic carbocycles. The average molecular weight is 369 g/mol. The fourth-order valence-electron chi connectivity index (χ4n) is 3.30. The van der Waals surface area contributed by atoms with E-state index in [2.05, 4.69) is 10.4 Å². The molecule has 0 unspecified atom stereocenters. The Morgan fingerprint density at radius 2 is 1.89 bits per heavy atom. The van der Waals surface area contributed by atoms with Crippen LogP contribution in [0.1, 0.15) is 50.2 Å². The van der Waals surface area contributed by atoms with Crippen molar-refractivity contribution in [2.45, 2.75) is 65.0 Å². The van der Waals surface area contributed by atoms with Crippen molar-refractivity contribution in [3.8, 4) is 11.6 Å². The zero-order chi connectivity index (χ0) is 19.4. The maximum Gasteiger partial charge on any atom is 0.271 e. The van der Waals surface area contributed by atoms with Gasteiger partial charge < -0.3 is 10.1 Å². The van der Waals surface area contributed by atoms with Crippen molar-refractivity contribution < 1.29 is 9.53 Å². The molecule has 0 bridgehead atoms. The van der Waals surface area contributed by atoms with Gasteiger partial charge in [-0.25, -0.2) is 0 Å². The van der Waals surface area contributed by atoms with Crippen LogP contribution >= 0.6 is 0 Å². The molecule has 2 aromatic rings. The van der Waals surface area contributed by atoms with Crippen LogP contribution in [0.3, 0.4) is 0 Å². The first-order valence-electron chi connectivity index (χ1n) is 9.59. The fraction of sp³-hybridized carbons (Fsp3) is 0.476. The molecular weight excluding hydrogens is 342 g/mol. The minimum Gasteiger partial charge on any atom is -0.464 e. The van der Waals surface area contributed by atoms with E-state index in [4.69, 9.17) is 4.74 Å². The van der Waals surface area contributed by atoms with Crippen LogP contribution in [0, 0.1) is 13.8 Å². The highest BCUT2D eigenvalue weighted by molar-refractivity contribution is 5.80. The molecule has 0 saturated heterocycles. The van der Waals surface area contributed by atoms with Crippen molar-refractivity contribution in [2.75, 3.05) is 0 Å². The quantitative estimate of drug-likeness (QED) is 0.879. The van der Waals surface area contributed by atoms with Gasteiger partial charge in [0.1, 0.15) is 0 Å². The van der Waals surface area contributed by atoms with Gasteiger partial charge in [0.2, 0.25) is 5.88 Å². The summed E-state index contributed by atoms with van der Waals surface area (Å²) in [6, 6.07) is 8.85. The number of nitrogens with zero attached hydrogens (tertiary/aromatic N) is 2. The zero-order valence-electron chi connectivity index (χ0n) is 16.2. The van der Waals surface area contributed by atoms with E-state index in [-0.39, 0.29) is 23.4 Å². The monoisotopic (exact) mass is 369 g/mol. The molecule has 1 heterocycles. The third kappa shape index (κ3) is 4.76. The Hall–Kier alpha value is -2.63. The number of carbonyl (C=O) groups excluding carboxylic acids is 1. The second-order valence-corrected chi connectivity index (χ2v) is 7.29. The molecule has 1 fully saturated rings. The first-order valence-corrected chi connectivity index (χ1v) is 9.59. The summed E-state index contributed by atoms with van der Waals surface area (Å²) >= 11 is 0. The summed E-state index contributed by atoms with van der Waals surface area (Å²) in [7, 11) is 0. The van der Waals surface area contributed by atoms with Crippen molar-refractivity contribution in [3.63, 3.8) is 0 Å². The number of aryl methyl sites for hydroxylation is 2. The third-order valence-electron chi connectivity index (χ3n) is 5.13. The van der Waals surface area contributed by atoms with E-state index in [0.717, 1.165) is 36.8 Å². The normalized spacial score (nSPS) is 16.0.